The number of carbonyl (C=O) groups is 1. The molecular weight excluding hydrogens is 320 g/mol. The predicted molar refractivity (Wildman–Crippen MR) is 93.6 cm³/mol. The first kappa shape index (κ1) is 15.3. The zero-order valence-corrected chi connectivity index (χ0v) is 13.8. The van der Waals surface area contributed by atoms with Crippen LogP contribution in [0.5, 0.6) is 17.2 Å². The Labute approximate surface area is 144 Å². The van der Waals surface area contributed by atoms with Crippen molar-refractivity contribution in [2.45, 2.75) is 6.92 Å². The van der Waals surface area contributed by atoms with E-state index in [1.165, 1.54) is 0 Å². The standard InChI is InChI=1S/C19H16N2O4/c1-11-15(8-12-7-14(23-2)4-5-16(12)20-11)19(22)21-13-3-6-17-18(9-13)25-10-24-17/h3-9H,10H2,1-2H3,(H,21,22). The Balaban J connectivity index is 1.66. The van der Waals surface area contributed by atoms with Crippen LogP contribution in [-0.4, -0.2) is 24.8 Å². The minimum absolute atomic E-state index is 0.197. The topological polar surface area (TPSA) is 69.7 Å². The van der Waals surface area contributed by atoms with Gasteiger partial charge in [-0.1, -0.05) is 0 Å². The number of ether oxygens (including phenoxy) is 3. The number of hydrogen-bond acceptors (Lipinski definition) is 5. The molecule has 0 atom stereocenters. The molecule has 0 saturated carbocycles. The molecule has 1 aliphatic heterocycles. The summed E-state index contributed by atoms with van der Waals surface area (Å²) in [6.07, 6.45) is 0. The summed E-state index contributed by atoms with van der Waals surface area (Å²) in [5, 5.41) is 3.72. The Morgan fingerprint density at radius 2 is 1.96 bits per heavy atom. The van der Waals surface area contributed by atoms with Gasteiger partial charge in [0, 0.05) is 17.1 Å². The third-order valence-electron chi connectivity index (χ3n) is 4.09. The van der Waals surface area contributed by atoms with Crippen molar-refractivity contribution >= 4 is 22.5 Å². The van der Waals surface area contributed by atoms with E-state index in [4.69, 9.17) is 14.2 Å². The molecule has 0 fully saturated rings. The van der Waals surface area contributed by atoms with Crippen molar-refractivity contribution in [3.05, 3.63) is 53.7 Å². The minimum atomic E-state index is -0.228. The fourth-order valence-electron chi connectivity index (χ4n) is 2.78. The van der Waals surface area contributed by atoms with E-state index < -0.39 is 0 Å². The van der Waals surface area contributed by atoms with Gasteiger partial charge in [-0.3, -0.25) is 9.78 Å². The number of amides is 1. The lowest BCUT2D eigenvalue weighted by molar-refractivity contribution is 0.102. The molecule has 25 heavy (non-hydrogen) atoms. The van der Waals surface area contributed by atoms with Crippen LogP contribution in [0, 0.1) is 6.92 Å². The van der Waals surface area contributed by atoms with E-state index in [2.05, 4.69) is 10.3 Å². The molecule has 1 aliphatic rings. The predicted octanol–water partition coefficient (Wildman–Crippen LogP) is 3.53. The van der Waals surface area contributed by atoms with Crippen molar-refractivity contribution in [1.82, 2.24) is 4.98 Å². The van der Waals surface area contributed by atoms with Crippen LogP contribution in [0.4, 0.5) is 5.69 Å². The van der Waals surface area contributed by atoms with E-state index in [1.54, 1.807) is 25.3 Å². The highest BCUT2D eigenvalue weighted by Gasteiger charge is 2.16. The number of benzene rings is 2. The summed E-state index contributed by atoms with van der Waals surface area (Å²) in [6, 6.07) is 12.7. The molecule has 0 spiro atoms. The molecule has 0 saturated heterocycles. The van der Waals surface area contributed by atoms with Crippen molar-refractivity contribution in [1.29, 1.82) is 0 Å². The molecule has 4 rings (SSSR count). The Bertz CT molecular complexity index is 985. The van der Waals surface area contributed by atoms with Gasteiger partial charge in [0.25, 0.3) is 5.91 Å². The zero-order valence-electron chi connectivity index (χ0n) is 13.8. The first-order valence-electron chi connectivity index (χ1n) is 7.80. The summed E-state index contributed by atoms with van der Waals surface area (Å²) in [4.78, 5) is 17.2. The number of nitrogens with zero attached hydrogens (tertiary/aromatic N) is 1. The first-order valence-corrected chi connectivity index (χ1v) is 7.80. The first-order chi connectivity index (χ1) is 12.1. The summed E-state index contributed by atoms with van der Waals surface area (Å²) < 4.78 is 15.8. The van der Waals surface area contributed by atoms with Crippen LogP contribution < -0.4 is 19.5 Å². The molecular formula is C19H16N2O4. The molecule has 1 N–H and O–H groups in total. The Hall–Kier alpha value is -3.28. The number of methoxy groups -OCH3 is 1. The van der Waals surface area contributed by atoms with Gasteiger partial charge in [-0.15, -0.1) is 0 Å². The Morgan fingerprint density at radius 1 is 1.12 bits per heavy atom. The molecule has 6 nitrogen and oxygen atoms in total. The van der Waals surface area contributed by atoms with Gasteiger partial charge >= 0.3 is 0 Å². The summed E-state index contributed by atoms with van der Waals surface area (Å²) in [7, 11) is 1.61. The lowest BCUT2D eigenvalue weighted by Gasteiger charge is -2.10. The lowest BCUT2D eigenvalue weighted by atomic mass is 10.1. The van der Waals surface area contributed by atoms with Crippen molar-refractivity contribution in [2.75, 3.05) is 19.2 Å². The fraction of sp³-hybridized carbons (Fsp3) is 0.158. The second-order valence-electron chi connectivity index (χ2n) is 5.70. The van der Waals surface area contributed by atoms with Crippen molar-refractivity contribution in [3.8, 4) is 17.2 Å². The number of hydrogen-bond donors (Lipinski definition) is 1. The third kappa shape index (κ3) is 2.82. The third-order valence-corrected chi connectivity index (χ3v) is 4.09. The molecule has 0 radical (unpaired) electrons. The van der Waals surface area contributed by atoms with Crippen LogP contribution in [-0.2, 0) is 0 Å². The molecule has 2 aromatic carbocycles. The van der Waals surface area contributed by atoms with Crippen LogP contribution in [0.1, 0.15) is 16.1 Å². The number of aryl methyl sites for hydroxylation is 1. The zero-order chi connectivity index (χ0) is 17.4. The molecule has 0 unspecified atom stereocenters. The Kier molecular flexibility index (Phi) is 3.65. The number of pyridine rings is 1. The van der Waals surface area contributed by atoms with Crippen LogP contribution in [0.3, 0.4) is 0 Å². The fourth-order valence-corrected chi connectivity index (χ4v) is 2.78. The monoisotopic (exact) mass is 336 g/mol. The SMILES string of the molecule is COc1ccc2nc(C)c(C(=O)Nc3ccc4c(c3)OCO4)cc2c1. The number of aromatic nitrogens is 1. The average molecular weight is 336 g/mol. The largest absolute Gasteiger partial charge is 0.497 e. The van der Waals surface area contributed by atoms with E-state index in [0.717, 1.165) is 16.7 Å². The van der Waals surface area contributed by atoms with E-state index in [-0.39, 0.29) is 12.7 Å². The van der Waals surface area contributed by atoms with Crippen molar-refractivity contribution in [3.63, 3.8) is 0 Å². The van der Waals surface area contributed by atoms with E-state index in [1.807, 2.05) is 31.2 Å². The minimum Gasteiger partial charge on any atom is -0.497 e. The molecule has 6 heteroatoms. The van der Waals surface area contributed by atoms with Crippen molar-refractivity contribution in [2.24, 2.45) is 0 Å². The average Bonchev–Trinajstić information content (AvgIpc) is 3.08. The van der Waals surface area contributed by atoms with Gasteiger partial charge in [0.1, 0.15) is 5.75 Å². The normalized spacial score (nSPS) is 12.2. The molecule has 3 aromatic rings. The van der Waals surface area contributed by atoms with E-state index in [0.29, 0.717) is 28.4 Å². The molecule has 2 heterocycles. The summed E-state index contributed by atoms with van der Waals surface area (Å²) in [6.45, 7) is 2.01. The maximum atomic E-state index is 12.7. The number of nitrogens with one attached hydrogen (secondary N) is 1. The smallest absolute Gasteiger partial charge is 0.257 e. The maximum Gasteiger partial charge on any atom is 0.257 e. The lowest BCUT2D eigenvalue weighted by Crippen LogP contribution is -2.14. The Morgan fingerprint density at radius 3 is 2.80 bits per heavy atom. The molecule has 1 aromatic heterocycles. The highest BCUT2D eigenvalue weighted by atomic mass is 16.7. The number of fused-ring (bicyclic) bond motifs is 2. The quantitative estimate of drug-likeness (QED) is 0.792. The van der Waals surface area contributed by atoms with Crippen LogP contribution >= 0.6 is 0 Å². The summed E-state index contributed by atoms with van der Waals surface area (Å²) in [5.41, 5.74) is 2.63. The molecule has 1 amide bonds. The molecule has 126 valence electrons. The number of rotatable bonds is 3. The summed E-state index contributed by atoms with van der Waals surface area (Å²) in [5.74, 6) is 1.79. The maximum absolute atomic E-state index is 12.7. The number of anilines is 1. The van der Waals surface area contributed by atoms with Gasteiger partial charge in [0.2, 0.25) is 6.79 Å². The van der Waals surface area contributed by atoms with Gasteiger partial charge in [-0.05, 0) is 43.3 Å². The highest BCUT2D eigenvalue weighted by molar-refractivity contribution is 6.07. The van der Waals surface area contributed by atoms with Crippen LogP contribution in [0.2, 0.25) is 0 Å². The second kappa shape index (κ2) is 5.98. The van der Waals surface area contributed by atoms with Gasteiger partial charge in [0.15, 0.2) is 11.5 Å². The molecule has 0 aliphatic carbocycles. The van der Waals surface area contributed by atoms with Gasteiger partial charge in [-0.25, -0.2) is 0 Å². The van der Waals surface area contributed by atoms with Gasteiger partial charge in [-0.2, -0.15) is 0 Å². The summed E-state index contributed by atoms with van der Waals surface area (Å²) >= 11 is 0. The number of carbonyl (C=O) groups excluding carboxylic acids is 1. The van der Waals surface area contributed by atoms with Gasteiger partial charge < -0.3 is 19.5 Å². The van der Waals surface area contributed by atoms with E-state index in [9.17, 15) is 4.79 Å². The van der Waals surface area contributed by atoms with Crippen molar-refractivity contribution < 1.29 is 19.0 Å². The van der Waals surface area contributed by atoms with Crippen LogP contribution in [0.25, 0.3) is 10.9 Å². The van der Waals surface area contributed by atoms with Crippen LogP contribution in [0.15, 0.2) is 42.5 Å². The van der Waals surface area contributed by atoms with Gasteiger partial charge in [0.05, 0.1) is 23.9 Å². The van der Waals surface area contributed by atoms with E-state index >= 15 is 0 Å². The molecule has 0 bridgehead atoms. The highest BCUT2D eigenvalue weighted by Crippen LogP contribution is 2.34. The second-order valence-corrected chi connectivity index (χ2v) is 5.70.